The minimum Gasteiger partial charge on any atom is -0.340 e. The Labute approximate surface area is 183 Å². The van der Waals surface area contributed by atoms with Gasteiger partial charge in [0.25, 0.3) is 0 Å². The molecule has 0 N–H and O–H groups in total. The minimum atomic E-state index is -4.14. The van der Waals surface area contributed by atoms with Crippen molar-refractivity contribution < 1.29 is 23.3 Å². The fourth-order valence-corrected chi connectivity index (χ4v) is 3.28. The number of benzene rings is 2. The molecule has 25 heavy (non-hydrogen) atoms. The molecule has 2 aromatic rings. The average Bonchev–Trinajstić information content (AvgIpc) is 2.87. The summed E-state index contributed by atoms with van der Waals surface area (Å²) in [6.45, 7) is -22.3. The predicted molar refractivity (Wildman–Crippen MR) is 108 cm³/mol. The third-order valence-corrected chi connectivity index (χ3v) is 4.52. The van der Waals surface area contributed by atoms with Crippen LogP contribution in [0.3, 0.4) is 0 Å². The van der Waals surface area contributed by atoms with Crippen molar-refractivity contribution in [2.75, 3.05) is 50.9 Å². The smallest absolute Gasteiger partial charge is 0.0661 e. The molecule has 0 saturated carbocycles. The van der Waals surface area contributed by atoms with E-state index in [4.69, 9.17) is 34.9 Å². The highest BCUT2D eigenvalue weighted by Crippen LogP contribution is 2.48. The zero-order valence-corrected chi connectivity index (χ0v) is 14.5. The minimum absolute atomic E-state index is 0.0910. The topological polar surface area (TPSA) is 9.72 Å². The second-order valence-electron chi connectivity index (χ2n) is 4.96. The lowest BCUT2D eigenvalue weighted by atomic mass is 10.2. The van der Waals surface area contributed by atoms with Crippen LogP contribution in [0.25, 0.3) is 0 Å². The van der Waals surface area contributed by atoms with E-state index in [1.165, 1.54) is 18.2 Å². The van der Waals surface area contributed by atoms with Gasteiger partial charge in [0.15, 0.2) is 0 Å². The summed E-state index contributed by atoms with van der Waals surface area (Å²) in [5.41, 5.74) is -0.610. The molecule has 2 heterocycles. The van der Waals surface area contributed by atoms with Crippen LogP contribution in [0.4, 0.5) is 11.4 Å². The van der Waals surface area contributed by atoms with E-state index in [-0.39, 0.29) is 20.4 Å². The Bertz CT molecular complexity index is 1420. The van der Waals surface area contributed by atoms with Crippen LogP contribution >= 0.6 is 23.4 Å². The normalized spacial score (nSPS) is 37.8. The fourth-order valence-electron chi connectivity index (χ4n) is 2.17. The van der Waals surface area contributed by atoms with Crippen molar-refractivity contribution in [3.63, 3.8) is 0 Å². The van der Waals surface area contributed by atoms with E-state index in [0.29, 0.717) is 4.90 Å². The van der Waals surface area contributed by atoms with Crippen molar-refractivity contribution in [1.82, 2.24) is 9.80 Å². The monoisotopic (exact) mass is 390 g/mol. The molecule has 3 nitrogen and oxygen atoms in total. The molecule has 0 unspecified atom stereocenters. The van der Waals surface area contributed by atoms with Gasteiger partial charge in [0.05, 0.1) is 15.5 Å². The summed E-state index contributed by atoms with van der Waals surface area (Å²) in [4.78, 5) is 0.0907. The predicted octanol–water partition coefficient (Wildman–Crippen LogP) is 4.58. The van der Waals surface area contributed by atoms with Crippen molar-refractivity contribution in [2.24, 2.45) is 0 Å². The Morgan fingerprint density at radius 1 is 1.12 bits per heavy atom. The molecule has 0 amide bonds. The molecule has 5 heteroatoms. The van der Waals surface area contributed by atoms with Gasteiger partial charge < -0.3 is 14.7 Å². The first-order chi connectivity index (χ1) is 18.8. The highest BCUT2D eigenvalue weighted by Gasteiger charge is 2.23. The van der Waals surface area contributed by atoms with E-state index < -0.39 is 79.1 Å². The Kier molecular flexibility index (Phi) is 1.96. The lowest BCUT2D eigenvalue weighted by molar-refractivity contribution is 0.153. The number of fused-ring (bicyclic) bond motifs is 2. The molecule has 0 spiro atoms. The van der Waals surface area contributed by atoms with Crippen LogP contribution in [-0.4, -0.2) is 55.8 Å². The van der Waals surface area contributed by atoms with Crippen molar-refractivity contribution in [2.45, 2.75) is 16.2 Å². The van der Waals surface area contributed by atoms with Gasteiger partial charge in [0, 0.05) is 66.5 Å². The maximum absolute atomic E-state index is 9.01. The largest absolute Gasteiger partial charge is 0.340 e. The van der Waals surface area contributed by atoms with Gasteiger partial charge in [-0.05, 0) is 50.2 Å². The summed E-state index contributed by atoms with van der Waals surface area (Å²) in [7, 11) is 0.744. The van der Waals surface area contributed by atoms with Gasteiger partial charge in [-0.15, -0.1) is 0 Å². The number of rotatable bonds is 4. The summed E-state index contributed by atoms with van der Waals surface area (Å²) < 4.78 is 145. The molecule has 4 rings (SSSR count). The third-order valence-electron chi connectivity index (χ3n) is 3.27. The zero-order valence-electron chi connectivity index (χ0n) is 29.9. The molecule has 1 saturated heterocycles. The highest BCUT2D eigenvalue weighted by molar-refractivity contribution is 7.99. The summed E-state index contributed by atoms with van der Waals surface area (Å²) in [5.74, 6) is 0. The lowest BCUT2D eigenvalue weighted by Crippen LogP contribution is -2.45. The molecule has 0 bridgehead atoms. The maximum Gasteiger partial charge on any atom is 0.0661 e. The van der Waals surface area contributed by atoms with Crippen LogP contribution < -0.4 is 4.90 Å². The summed E-state index contributed by atoms with van der Waals surface area (Å²) in [6, 6.07) is 3.98. The Hall–Kier alpha value is -1.20. The molecule has 0 atom stereocenters. The molecule has 2 aromatic carbocycles. The van der Waals surface area contributed by atoms with Crippen molar-refractivity contribution in [1.29, 1.82) is 0 Å². The van der Waals surface area contributed by atoms with Crippen molar-refractivity contribution in [3.05, 3.63) is 47.4 Å². The number of anilines is 2. The number of hydrogen-bond donors (Lipinski definition) is 0. The molecule has 0 aliphatic carbocycles. The van der Waals surface area contributed by atoms with Gasteiger partial charge in [-0.25, -0.2) is 0 Å². The van der Waals surface area contributed by atoms with E-state index >= 15 is 0 Å². The number of likely N-dealkylation sites (N-methyl/N-ethyl adjacent to an activating group) is 1. The Morgan fingerprint density at radius 3 is 2.76 bits per heavy atom. The molecular formula is C20H24ClN3S. The molecule has 0 radical (unpaired) electrons. The fraction of sp³-hybridized carbons (Fsp3) is 0.400. The molecule has 1 fully saturated rings. The average molecular weight is 391 g/mol. The van der Waals surface area contributed by atoms with Gasteiger partial charge in [-0.3, -0.25) is 0 Å². The van der Waals surface area contributed by atoms with E-state index in [9.17, 15) is 0 Å². The number of hydrogen-bond acceptors (Lipinski definition) is 4. The second-order valence-corrected chi connectivity index (χ2v) is 6.39. The lowest BCUT2D eigenvalue weighted by Gasteiger charge is -2.35. The van der Waals surface area contributed by atoms with Crippen molar-refractivity contribution in [3.8, 4) is 0 Å². The first-order valence-corrected chi connectivity index (χ1v) is 8.36. The maximum atomic E-state index is 9.01. The zero-order chi connectivity index (χ0) is 32.4. The van der Waals surface area contributed by atoms with Gasteiger partial charge in [0.2, 0.25) is 0 Å². The van der Waals surface area contributed by atoms with E-state index in [2.05, 4.69) is 0 Å². The molecule has 132 valence electrons. The summed E-state index contributed by atoms with van der Waals surface area (Å²) >= 11 is 6.99. The van der Waals surface area contributed by atoms with E-state index in [1.807, 2.05) is 0 Å². The van der Waals surface area contributed by atoms with E-state index in [0.717, 1.165) is 18.8 Å². The number of nitrogens with zero attached hydrogens (tertiary/aromatic N) is 3. The highest BCUT2D eigenvalue weighted by atomic mass is 35.5. The molecule has 2 aliphatic rings. The van der Waals surface area contributed by atoms with Crippen LogP contribution in [0.5, 0.6) is 0 Å². The summed E-state index contributed by atoms with van der Waals surface area (Å²) in [6.07, 6.45) is -4.05. The Morgan fingerprint density at radius 2 is 1.92 bits per heavy atom. The van der Waals surface area contributed by atoms with Crippen LogP contribution in [0.2, 0.25) is 5.02 Å². The van der Waals surface area contributed by atoms with Crippen molar-refractivity contribution >= 4 is 34.7 Å². The van der Waals surface area contributed by atoms with Gasteiger partial charge in [-0.2, -0.15) is 0 Å². The first kappa shape index (κ1) is 6.45. The second kappa shape index (κ2) is 7.58. The Balaban J connectivity index is 2.02. The number of halogens is 1. The SMILES string of the molecule is [2H]c1c([2H])c2c(c([2H])c1Cl)N(C([2H])([2H])C([2H])([2H])C([2H])([2H])N1C([2H])([2H])C([2H])([2H])N(C)C([2H])([2H])C1([2H])[2H])c1ccccc1S2. The van der Waals surface area contributed by atoms with E-state index in [1.54, 1.807) is 6.07 Å². The number of piperazine rings is 1. The van der Waals surface area contributed by atoms with Crippen LogP contribution in [0, 0.1) is 0 Å². The van der Waals surface area contributed by atoms with Crippen LogP contribution in [-0.2, 0) is 0 Å². The van der Waals surface area contributed by atoms with Crippen LogP contribution in [0.15, 0.2) is 52.2 Å². The van der Waals surface area contributed by atoms with Gasteiger partial charge in [0.1, 0.15) is 0 Å². The number of para-hydroxylation sites is 1. The molecular weight excluding hydrogens is 350 g/mol. The first-order valence-electron chi connectivity index (χ1n) is 15.7. The van der Waals surface area contributed by atoms with Crippen LogP contribution in [0.1, 0.15) is 29.7 Å². The van der Waals surface area contributed by atoms with Gasteiger partial charge in [-0.1, -0.05) is 35.5 Å². The third kappa shape index (κ3) is 3.82. The summed E-state index contributed by atoms with van der Waals surface area (Å²) in [5, 5.41) is -0.573. The quantitative estimate of drug-likeness (QED) is 0.755. The molecule has 0 aromatic heterocycles. The standard InChI is InChI=1S/C20H24ClN3S/c1-22-11-13-23(14-12-22)9-4-10-24-17-5-2-3-6-19(17)25-20-8-7-16(21)15-18(20)24/h2-3,5-8,15H,4,9-14H2,1H3/i4D2,7D,8D,9D2,10D2,11D2,12D2,13D2,14D2,15D. The van der Waals surface area contributed by atoms with Gasteiger partial charge >= 0.3 is 0 Å². The molecule has 2 aliphatic heterocycles.